The first kappa shape index (κ1) is 16.1. The molecule has 22 heavy (non-hydrogen) atoms. The van der Waals surface area contributed by atoms with E-state index in [0.29, 0.717) is 12.4 Å². The summed E-state index contributed by atoms with van der Waals surface area (Å²) < 4.78 is 28.1. The maximum atomic E-state index is 12.6. The predicted octanol–water partition coefficient (Wildman–Crippen LogP) is 1.85. The Hall–Kier alpha value is -2.32. The Labute approximate surface area is 126 Å². The van der Waals surface area contributed by atoms with Gasteiger partial charge in [-0.1, -0.05) is 6.92 Å². The van der Waals surface area contributed by atoms with Crippen LogP contribution in [0.4, 0.5) is 8.78 Å². The highest BCUT2D eigenvalue weighted by Gasteiger charge is 2.21. The molecule has 1 N–H and O–H groups in total. The Balaban J connectivity index is 2.12. The minimum atomic E-state index is -2.71. The van der Waals surface area contributed by atoms with Gasteiger partial charge in [-0.3, -0.25) is 9.48 Å². The number of hydrogen-bond donors (Lipinski definition) is 1. The molecule has 0 aromatic carbocycles. The van der Waals surface area contributed by atoms with Gasteiger partial charge in [0.1, 0.15) is 23.5 Å². The average molecular weight is 312 g/mol. The van der Waals surface area contributed by atoms with Crippen LogP contribution in [0.2, 0.25) is 0 Å². The number of alkyl halides is 2. The van der Waals surface area contributed by atoms with E-state index in [-0.39, 0.29) is 5.69 Å². The molecule has 2 aromatic rings. The molecular weight excluding hydrogens is 294 g/mol. The smallest absolute Gasteiger partial charge is 0.282 e. The second-order valence-corrected chi connectivity index (χ2v) is 4.92. The number of aromatic nitrogens is 5. The highest BCUT2D eigenvalue weighted by atomic mass is 19.3. The molecular formula is C13H18F2N6O. The maximum absolute atomic E-state index is 12.6. The fraction of sp³-hybridized carbons (Fsp3) is 0.538. The van der Waals surface area contributed by atoms with Crippen molar-refractivity contribution in [2.45, 2.75) is 39.3 Å². The summed E-state index contributed by atoms with van der Waals surface area (Å²) in [6.45, 7) is 4.46. The molecule has 120 valence electrons. The van der Waals surface area contributed by atoms with Crippen LogP contribution in [0.15, 0.2) is 12.4 Å². The standard InChI is InChI=1S/C13H18F2N6O/c1-4-5-21-12(16-7-17-21)8(2)18-13(22)10-6-9(11(14)15)19-20(10)3/h6-8,11H,4-5H2,1-3H3,(H,18,22). The Morgan fingerprint density at radius 2 is 2.18 bits per heavy atom. The molecule has 2 rings (SSSR count). The number of nitrogens with one attached hydrogen (secondary N) is 1. The van der Waals surface area contributed by atoms with Crippen LogP contribution >= 0.6 is 0 Å². The fourth-order valence-corrected chi connectivity index (χ4v) is 2.14. The summed E-state index contributed by atoms with van der Waals surface area (Å²) in [5.74, 6) is 0.131. The number of nitrogens with zero attached hydrogens (tertiary/aromatic N) is 5. The molecule has 0 fully saturated rings. The SMILES string of the molecule is CCCn1ncnc1C(C)NC(=O)c1cc(C(F)F)nn1C. The Bertz CT molecular complexity index is 651. The molecule has 0 aliphatic rings. The van der Waals surface area contributed by atoms with Gasteiger partial charge in [0.2, 0.25) is 0 Å². The van der Waals surface area contributed by atoms with Crippen molar-refractivity contribution in [1.82, 2.24) is 29.9 Å². The zero-order chi connectivity index (χ0) is 16.3. The van der Waals surface area contributed by atoms with Crippen LogP contribution in [0.1, 0.15) is 54.7 Å². The molecule has 0 spiro atoms. The van der Waals surface area contributed by atoms with Crippen LogP contribution in [0.25, 0.3) is 0 Å². The number of rotatable bonds is 6. The molecule has 1 unspecified atom stereocenters. The van der Waals surface area contributed by atoms with Crippen LogP contribution in [-0.4, -0.2) is 30.5 Å². The second kappa shape index (κ2) is 6.63. The van der Waals surface area contributed by atoms with Gasteiger partial charge in [-0.15, -0.1) is 0 Å². The molecule has 0 aliphatic heterocycles. The molecule has 0 saturated heterocycles. The highest BCUT2D eigenvalue weighted by Crippen LogP contribution is 2.18. The van der Waals surface area contributed by atoms with E-state index >= 15 is 0 Å². The summed E-state index contributed by atoms with van der Waals surface area (Å²) >= 11 is 0. The summed E-state index contributed by atoms with van der Waals surface area (Å²) in [6.07, 6.45) is -0.402. The van der Waals surface area contributed by atoms with E-state index in [4.69, 9.17) is 0 Å². The molecule has 9 heteroatoms. The van der Waals surface area contributed by atoms with Crippen molar-refractivity contribution in [2.24, 2.45) is 7.05 Å². The summed E-state index contributed by atoms with van der Waals surface area (Å²) in [5.41, 5.74) is -0.349. The minimum Gasteiger partial charge on any atom is -0.341 e. The first-order chi connectivity index (χ1) is 10.4. The van der Waals surface area contributed by atoms with Crippen LogP contribution < -0.4 is 5.32 Å². The van der Waals surface area contributed by atoms with Crippen LogP contribution in [-0.2, 0) is 13.6 Å². The quantitative estimate of drug-likeness (QED) is 0.883. The maximum Gasteiger partial charge on any atom is 0.282 e. The zero-order valence-electron chi connectivity index (χ0n) is 12.6. The number of carbonyl (C=O) groups excluding carboxylic acids is 1. The van der Waals surface area contributed by atoms with Gasteiger partial charge in [-0.2, -0.15) is 10.2 Å². The van der Waals surface area contributed by atoms with Crippen molar-refractivity contribution in [3.05, 3.63) is 29.6 Å². The molecule has 0 radical (unpaired) electrons. The van der Waals surface area contributed by atoms with E-state index in [1.807, 2.05) is 6.92 Å². The van der Waals surface area contributed by atoms with Crippen molar-refractivity contribution in [1.29, 1.82) is 0 Å². The third-order valence-corrected chi connectivity index (χ3v) is 3.17. The van der Waals surface area contributed by atoms with Crippen molar-refractivity contribution in [3.8, 4) is 0 Å². The van der Waals surface area contributed by atoms with Gasteiger partial charge in [-0.25, -0.2) is 18.4 Å². The van der Waals surface area contributed by atoms with E-state index < -0.39 is 24.1 Å². The number of halogens is 2. The molecule has 0 saturated carbocycles. The number of carbonyl (C=O) groups is 1. The van der Waals surface area contributed by atoms with E-state index in [0.717, 1.165) is 17.2 Å². The Morgan fingerprint density at radius 3 is 2.77 bits per heavy atom. The van der Waals surface area contributed by atoms with Gasteiger partial charge in [-0.05, 0) is 19.4 Å². The molecule has 1 amide bonds. The number of hydrogen-bond acceptors (Lipinski definition) is 4. The first-order valence-electron chi connectivity index (χ1n) is 6.94. The third-order valence-electron chi connectivity index (χ3n) is 3.17. The van der Waals surface area contributed by atoms with Gasteiger partial charge >= 0.3 is 0 Å². The average Bonchev–Trinajstić information content (AvgIpc) is 3.05. The van der Waals surface area contributed by atoms with Crippen LogP contribution in [0.3, 0.4) is 0 Å². The van der Waals surface area contributed by atoms with Gasteiger partial charge in [0, 0.05) is 13.6 Å². The van der Waals surface area contributed by atoms with E-state index in [1.54, 1.807) is 11.6 Å². The molecule has 1 atom stereocenters. The second-order valence-electron chi connectivity index (χ2n) is 4.92. The number of aryl methyl sites for hydroxylation is 2. The molecule has 0 bridgehead atoms. The molecule has 2 heterocycles. The third kappa shape index (κ3) is 3.29. The Morgan fingerprint density at radius 1 is 1.45 bits per heavy atom. The van der Waals surface area contributed by atoms with Crippen LogP contribution in [0, 0.1) is 0 Å². The lowest BCUT2D eigenvalue weighted by Crippen LogP contribution is -2.30. The molecule has 2 aromatic heterocycles. The normalized spacial score (nSPS) is 12.6. The first-order valence-corrected chi connectivity index (χ1v) is 6.94. The lowest BCUT2D eigenvalue weighted by atomic mass is 10.2. The fourth-order valence-electron chi connectivity index (χ4n) is 2.14. The summed E-state index contributed by atoms with van der Waals surface area (Å²) in [5, 5.41) is 10.4. The van der Waals surface area contributed by atoms with E-state index in [9.17, 15) is 13.6 Å². The lowest BCUT2D eigenvalue weighted by Gasteiger charge is -2.14. The largest absolute Gasteiger partial charge is 0.341 e. The van der Waals surface area contributed by atoms with Gasteiger partial charge in [0.25, 0.3) is 12.3 Å². The lowest BCUT2D eigenvalue weighted by molar-refractivity contribution is 0.0928. The van der Waals surface area contributed by atoms with Gasteiger partial charge in [0.05, 0.1) is 6.04 Å². The number of amides is 1. The van der Waals surface area contributed by atoms with Crippen molar-refractivity contribution >= 4 is 5.91 Å². The van der Waals surface area contributed by atoms with Crippen molar-refractivity contribution in [3.63, 3.8) is 0 Å². The summed E-state index contributed by atoms with van der Waals surface area (Å²) in [4.78, 5) is 16.3. The summed E-state index contributed by atoms with van der Waals surface area (Å²) in [6, 6.07) is 0.690. The topological polar surface area (TPSA) is 77.6 Å². The predicted molar refractivity (Wildman–Crippen MR) is 74.4 cm³/mol. The van der Waals surface area contributed by atoms with Crippen molar-refractivity contribution < 1.29 is 13.6 Å². The minimum absolute atomic E-state index is 0.0729. The Kier molecular flexibility index (Phi) is 4.84. The monoisotopic (exact) mass is 312 g/mol. The molecule has 0 aliphatic carbocycles. The summed E-state index contributed by atoms with van der Waals surface area (Å²) in [7, 11) is 1.45. The highest BCUT2D eigenvalue weighted by molar-refractivity contribution is 5.92. The molecule has 7 nitrogen and oxygen atoms in total. The zero-order valence-corrected chi connectivity index (χ0v) is 12.6. The van der Waals surface area contributed by atoms with Gasteiger partial charge < -0.3 is 5.32 Å². The van der Waals surface area contributed by atoms with E-state index in [1.165, 1.54) is 13.4 Å². The van der Waals surface area contributed by atoms with Gasteiger partial charge in [0.15, 0.2) is 0 Å². The van der Waals surface area contributed by atoms with Crippen molar-refractivity contribution in [2.75, 3.05) is 0 Å². The van der Waals surface area contributed by atoms with E-state index in [2.05, 4.69) is 20.5 Å². The van der Waals surface area contributed by atoms with Crippen LogP contribution in [0.5, 0.6) is 0 Å².